The summed E-state index contributed by atoms with van der Waals surface area (Å²) in [4.78, 5) is 24.9. The highest BCUT2D eigenvalue weighted by Crippen LogP contribution is 2.22. The molecule has 0 atom stereocenters. The Balaban J connectivity index is 1.61. The fourth-order valence-electron chi connectivity index (χ4n) is 3.10. The van der Waals surface area contributed by atoms with Crippen LogP contribution in [0, 0.1) is 13.8 Å². The van der Waals surface area contributed by atoms with Crippen molar-refractivity contribution in [2.45, 2.75) is 40.2 Å². The van der Waals surface area contributed by atoms with Crippen molar-refractivity contribution in [3.8, 4) is 0 Å². The molecule has 156 valence electrons. The van der Waals surface area contributed by atoms with Crippen molar-refractivity contribution in [1.29, 1.82) is 0 Å². The van der Waals surface area contributed by atoms with Gasteiger partial charge in [-0.1, -0.05) is 43.3 Å². The number of hydrogen-bond donors (Lipinski definition) is 3. The summed E-state index contributed by atoms with van der Waals surface area (Å²) in [5.74, 6) is 0.410. The van der Waals surface area contributed by atoms with Gasteiger partial charge in [0, 0.05) is 23.8 Å². The number of benzene rings is 2. The molecule has 3 N–H and O–H groups in total. The second-order valence-corrected chi connectivity index (χ2v) is 7.49. The third-order valence-corrected chi connectivity index (χ3v) is 4.55. The number of urea groups is 1. The number of aryl methyl sites for hydroxylation is 2. The largest absolute Gasteiger partial charge is 0.360 e. The van der Waals surface area contributed by atoms with E-state index in [-0.39, 0.29) is 17.9 Å². The van der Waals surface area contributed by atoms with Gasteiger partial charge in [-0.05, 0) is 49.2 Å². The third-order valence-electron chi connectivity index (χ3n) is 4.55. The molecular formula is C23H26N4O3. The summed E-state index contributed by atoms with van der Waals surface area (Å²) in [5.41, 5.74) is 4.33. The number of amides is 3. The van der Waals surface area contributed by atoms with Crippen LogP contribution in [0.25, 0.3) is 0 Å². The van der Waals surface area contributed by atoms with Crippen LogP contribution in [0.4, 0.5) is 16.2 Å². The number of nitrogens with one attached hydrogen (secondary N) is 3. The molecule has 0 fully saturated rings. The molecule has 0 bridgehead atoms. The molecule has 0 aliphatic heterocycles. The second kappa shape index (κ2) is 9.26. The van der Waals surface area contributed by atoms with Crippen LogP contribution in [0.15, 0.2) is 53.1 Å². The topological polar surface area (TPSA) is 96.3 Å². The van der Waals surface area contributed by atoms with E-state index in [2.05, 4.69) is 21.1 Å². The Bertz CT molecular complexity index is 1060. The first kappa shape index (κ1) is 21.1. The second-order valence-electron chi connectivity index (χ2n) is 7.49. The van der Waals surface area contributed by atoms with Crippen molar-refractivity contribution >= 4 is 23.3 Å². The number of carbonyl (C=O) groups is 2. The minimum absolute atomic E-state index is 0.0615. The van der Waals surface area contributed by atoms with E-state index in [1.807, 2.05) is 63.2 Å². The summed E-state index contributed by atoms with van der Waals surface area (Å²) >= 11 is 0. The van der Waals surface area contributed by atoms with Crippen molar-refractivity contribution < 1.29 is 14.1 Å². The van der Waals surface area contributed by atoms with Crippen LogP contribution in [-0.4, -0.2) is 17.1 Å². The van der Waals surface area contributed by atoms with Gasteiger partial charge in [-0.3, -0.25) is 4.79 Å². The van der Waals surface area contributed by atoms with E-state index < -0.39 is 0 Å². The molecule has 0 aliphatic carbocycles. The normalized spacial score (nSPS) is 10.7. The molecule has 0 spiro atoms. The van der Waals surface area contributed by atoms with E-state index in [9.17, 15) is 9.59 Å². The Morgan fingerprint density at radius 2 is 1.67 bits per heavy atom. The number of anilines is 2. The van der Waals surface area contributed by atoms with Crippen LogP contribution >= 0.6 is 0 Å². The van der Waals surface area contributed by atoms with Gasteiger partial charge in [-0.2, -0.15) is 0 Å². The standard InChI is InChI=1S/C23H26N4O3/c1-14(2)21-20(16(4)27-30-21)22(28)24-13-17-8-6-10-19(12-17)26-23(29)25-18-9-5-7-15(3)11-18/h5-12,14H,13H2,1-4H3,(H,24,28)(H2,25,26,29). The number of carbonyl (C=O) groups excluding carboxylic acids is 2. The molecule has 0 saturated carbocycles. The molecule has 0 aliphatic rings. The Morgan fingerprint density at radius 3 is 2.33 bits per heavy atom. The molecule has 30 heavy (non-hydrogen) atoms. The van der Waals surface area contributed by atoms with Gasteiger partial charge < -0.3 is 20.5 Å². The molecule has 3 amide bonds. The fourth-order valence-corrected chi connectivity index (χ4v) is 3.10. The van der Waals surface area contributed by atoms with Crippen molar-refractivity contribution in [3.05, 3.63) is 76.7 Å². The first-order chi connectivity index (χ1) is 14.3. The van der Waals surface area contributed by atoms with E-state index in [1.54, 1.807) is 13.0 Å². The minimum Gasteiger partial charge on any atom is -0.360 e. The smallest absolute Gasteiger partial charge is 0.323 e. The van der Waals surface area contributed by atoms with Gasteiger partial charge >= 0.3 is 6.03 Å². The molecule has 3 aromatic rings. The lowest BCUT2D eigenvalue weighted by molar-refractivity contribution is 0.0948. The minimum atomic E-state index is -0.330. The SMILES string of the molecule is Cc1cccc(NC(=O)Nc2cccc(CNC(=O)c3c(C)noc3C(C)C)c2)c1. The third kappa shape index (κ3) is 5.26. The van der Waals surface area contributed by atoms with Crippen LogP contribution in [0.3, 0.4) is 0 Å². The number of aromatic nitrogens is 1. The van der Waals surface area contributed by atoms with Crippen molar-refractivity contribution in [1.82, 2.24) is 10.5 Å². The van der Waals surface area contributed by atoms with E-state index >= 15 is 0 Å². The number of hydrogen-bond acceptors (Lipinski definition) is 4. The zero-order valence-electron chi connectivity index (χ0n) is 17.6. The molecule has 7 nitrogen and oxygen atoms in total. The summed E-state index contributed by atoms with van der Waals surface area (Å²) in [7, 11) is 0. The highest BCUT2D eigenvalue weighted by molar-refractivity contribution is 6.00. The van der Waals surface area contributed by atoms with Crippen molar-refractivity contribution in [2.75, 3.05) is 10.6 Å². The molecule has 7 heteroatoms. The van der Waals surface area contributed by atoms with Crippen molar-refractivity contribution in [3.63, 3.8) is 0 Å². The van der Waals surface area contributed by atoms with E-state index in [4.69, 9.17) is 4.52 Å². The average molecular weight is 406 g/mol. The van der Waals surface area contributed by atoms with Crippen LogP contribution in [0.2, 0.25) is 0 Å². The predicted octanol–water partition coefficient (Wildman–Crippen LogP) is 4.99. The zero-order chi connectivity index (χ0) is 21.7. The average Bonchev–Trinajstić information content (AvgIpc) is 3.08. The first-order valence-corrected chi connectivity index (χ1v) is 9.81. The first-order valence-electron chi connectivity index (χ1n) is 9.81. The lowest BCUT2D eigenvalue weighted by atomic mass is 10.0. The molecule has 0 radical (unpaired) electrons. The Labute approximate surface area is 175 Å². The number of nitrogens with zero attached hydrogens (tertiary/aromatic N) is 1. The quantitative estimate of drug-likeness (QED) is 0.537. The highest BCUT2D eigenvalue weighted by atomic mass is 16.5. The summed E-state index contributed by atoms with van der Waals surface area (Å²) in [5, 5.41) is 12.4. The van der Waals surface area contributed by atoms with Gasteiger partial charge in [-0.15, -0.1) is 0 Å². The Kier molecular flexibility index (Phi) is 6.51. The maximum Gasteiger partial charge on any atom is 0.323 e. The van der Waals surface area contributed by atoms with Gasteiger partial charge in [0.1, 0.15) is 5.56 Å². The fraction of sp³-hybridized carbons (Fsp3) is 0.261. The molecule has 0 saturated heterocycles. The summed E-state index contributed by atoms with van der Waals surface area (Å²) in [6.07, 6.45) is 0. The van der Waals surface area contributed by atoms with Gasteiger partial charge in [0.2, 0.25) is 0 Å². The summed E-state index contributed by atoms with van der Waals surface area (Å²) < 4.78 is 5.28. The highest BCUT2D eigenvalue weighted by Gasteiger charge is 2.22. The van der Waals surface area contributed by atoms with E-state index in [0.717, 1.165) is 16.8 Å². The van der Waals surface area contributed by atoms with E-state index in [1.165, 1.54) is 0 Å². The summed E-state index contributed by atoms with van der Waals surface area (Å²) in [6, 6.07) is 14.6. The monoisotopic (exact) mass is 406 g/mol. The zero-order valence-corrected chi connectivity index (χ0v) is 17.6. The molecule has 0 unspecified atom stereocenters. The van der Waals surface area contributed by atoms with Crippen LogP contribution in [0.1, 0.15) is 52.7 Å². The van der Waals surface area contributed by atoms with Gasteiger partial charge in [0.05, 0.1) is 5.69 Å². The molecule has 1 aromatic heterocycles. The van der Waals surface area contributed by atoms with Crippen LogP contribution < -0.4 is 16.0 Å². The molecular weight excluding hydrogens is 380 g/mol. The maximum atomic E-state index is 12.6. The Morgan fingerprint density at radius 1 is 1.00 bits per heavy atom. The lowest BCUT2D eigenvalue weighted by Crippen LogP contribution is -2.24. The van der Waals surface area contributed by atoms with Crippen LogP contribution in [0.5, 0.6) is 0 Å². The predicted molar refractivity (Wildman–Crippen MR) is 117 cm³/mol. The van der Waals surface area contributed by atoms with Gasteiger partial charge in [0.25, 0.3) is 5.91 Å². The molecule has 2 aromatic carbocycles. The molecule has 3 rings (SSSR count). The lowest BCUT2D eigenvalue weighted by Gasteiger charge is -2.10. The summed E-state index contributed by atoms with van der Waals surface area (Å²) in [6.45, 7) is 7.94. The maximum absolute atomic E-state index is 12.6. The number of rotatable bonds is 6. The van der Waals surface area contributed by atoms with E-state index in [0.29, 0.717) is 29.2 Å². The van der Waals surface area contributed by atoms with Crippen molar-refractivity contribution in [2.24, 2.45) is 0 Å². The van der Waals surface area contributed by atoms with Crippen LogP contribution in [-0.2, 0) is 6.54 Å². The molecule has 1 heterocycles. The van der Waals surface area contributed by atoms with Gasteiger partial charge in [0.15, 0.2) is 5.76 Å². The Hall–Kier alpha value is -3.61. The van der Waals surface area contributed by atoms with Gasteiger partial charge in [-0.25, -0.2) is 4.79 Å².